The Morgan fingerprint density at radius 2 is 1.89 bits per heavy atom. The maximum Gasteiger partial charge on any atom is 0.276 e. The van der Waals surface area contributed by atoms with Crippen LogP contribution in [0.5, 0.6) is 5.75 Å². The first-order valence-corrected chi connectivity index (χ1v) is 10.2. The lowest BCUT2D eigenvalue weighted by atomic mass is 9.95. The van der Waals surface area contributed by atoms with E-state index >= 15 is 0 Å². The van der Waals surface area contributed by atoms with Crippen LogP contribution in [0.2, 0.25) is 0 Å². The van der Waals surface area contributed by atoms with E-state index in [2.05, 4.69) is 31.7 Å². The summed E-state index contributed by atoms with van der Waals surface area (Å²) in [5, 5.41) is 18.8. The molecular formula is C20H28N6O2. The van der Waals surface area contributed by atoms with Gasteiger partial charge in [0.15, 0.2) is 5.69 Å². The Bertz CT molecular complexity index is 822. The second-order valence-corrected chi connectivity index (χ2v) is 7.81. The van der Waals surface area contributed by atoms with Gasteiger partial charge in [0.2, 0.25) is 0 Å². The van der Waals surface area contributed by atoms with Gasteiger partial charge in [0, 0.05) is 32.3 Å². The van der Waals surface area contributed by atoms with Crippen LogP contribution in [0.15, 0.2) is 18.3 Å². The van der Waals surface area contributed by atoms with E-state index < -0.39 is 0 Å². The van der Waals surface area contributed by atoms with Gasteiger partial charge >= 0.3 is 0 Å². The third-order valence-electron chi connectivity index (χ3n) is 5.95. The quantitative estimate of drug-likeness (QED) is 0.867. The Kier molecular flexibility index (Phi) is 5.57. The van der Waals surface area contributed by atoms with Crippen LogP contribution in [-0.2, 0) is 13.6 Å². The zero-order valence-corrected chi connectivity index (χ0v) is 16.4. The van der Waals surface area contributed by atoms with Crippen LogP contribution in [0, 0.1) is 0 Å². The van der Waals surface area contributed by atoms with E-state index in [-0.39, 0.29) is 17.4 Å². The number of amides is 1. The molecule has 8 nitrogen and oxygen atoms in total. The number of rotatable bonds is 4. The molecule has 0 aromatic carbocycles. The fourth-order valence-corrected chi connectivity index (χ4v) is 4.24. The van der Waals surface area contributed by atoms with Crippen molar-refractivity contribution >= 4 is 5.91 Å². The number of hydrogen-bond acceptors (Lipinski definition) is 6. The van der Waals surface area contributed by atoms with Crippen molar-refractivity contribution in [1.82, 2.24) is 29.5 Å². The molecule has 8 heteroatoms. The van der Waals surface area contributed by atoms with E-state index in [1.807, 2.05) is 0 Å². The molecule has 2 aromatic rings. The first-order valence-electron chi connectivity index (χ1n) is 10.2. The molecule has 150 valence electrons. The minimum atomic E-state index is -0.208. The van der Waals surface area contributed by atoms with Gasteiger partial charge < -0.3 is 14.6 Å². The normalized spacial score (nSPS) is 19.1. The average Bonchev–Trinajstić information content (AvgIpc) is 3.09. The predicted octanol–water partition coefficient (Wildman–Crippen LogP) is 1.92. The van der Waals surface area contributed by atoms with Gasteiger partial charge in [-0.15, -0.1) is 10.2 Å². The van der Waals surface area contributed by atoms with Crippen molar-refractivity contribution < 1.29 is 9.90 Å². The SMILES string of the molecule is Cn1c(CN2CCCCC2)nnc1C1CCN(C(=O)c2ncccc2O)CC1. The fourth-order valence-electron chi connectivity index (χ4n) is 4.24. The molecule has 2 aliphatic rings. The van der Waals surface area contributed by atoms with Crippen LogP contribution in [0.3, 0.4) is 0 Å². The lowest BCUT2D eigenvalue weighted by Gasteiger charge is -2.31. The standard InChI is InChI=1S/C20H28N6O2/c1-24-17(14-25-10-3-2-4-11-25)22-23-19(24)15-7-12-26(13-8-15)20(28)18-16(27)6-5-9-21-18/h5-6,9,15,27H,2-4,7-8,10-14H2,1H3. The highest BCUT2D eigenvalue weighted by atomic mass is 16.3. The van der Waals surface area contributed by atoms with Crippen molar-refractivity contribution in [2.75, 3.05) is 26.2 Å². The van der Waals surface area contributed by atoms with Gasteiger partial charge in [0.1, 0.15) is 17.4 Å². The van der Waals surface area contributed by atoms with Crippen LogP contribution in [-0.4, -0.2) is 66.7 Å². The average molecular weight is 384 g/mol. The third kappa shape index (κ3) is 3.87. The molecule has 0 saturated carbocycles. The van der Waals surface area contributed by atoms with Gasteiger partial charge in [-0.2, -0.15) is 0 Å². The number of piperidine rings is 2. The molecule has 0 radical (unpaired) electrons. The fraction of sp³-hybridized carbons (Fsp3) is 0.600. The van der Waals surface area contributed by atoms with E-state index in [0.717, 1.165) is 44.1 Å². The van der Waals surface area contributed by atoms with E-state index in [1.165, 1.54) is 31.5 Å². The molecule has 2 fully saturated rings. The summed E-state index contributed by atoms with van der Waals surface area (Å²) in [4.78, 5) is 20.9. The van der Waals surface area contributed by atoms with Crippen LogP contribution < -0.4 is 0 Å². The van der Waals surface area contributed by atoms with Crippen molar-refractivity contribution in [3.05, 3.63) is 35.7 Å². The number of aromatic hydroxyl groups is 1. The summed E-state index contributed by atoms with van der Waals surface area (Å²) >= 11 is 0. The first kappa shape index (κ1) is 18.9. The summed E-state index contributed by atoms with van der Waals surface area (Å²) in [6.07, 6.45) is 7.08. The van der Waals surface area contributed by atoms with Crippen LogP contribution in [0.1, 0.15) is 60.2 Å². The molecule has 1 amide bonds. The Balaban J connectivity index is 1.37. The van der Waals surface area contributed by atoms with Gasteiger partial charge in [-0.25, -0.2) is 4.98 Å². The molecule has 2 saturated heterocycles. The van der Waals surface area contributed by atoms with Gasteiger partial charge in [0.05, 0.1) is 6.54 Å². The van der Waals surface area contributed by atoms with E-state index in [9.17, 15) is 9.90 Å². The van der Waals surface area contributed by atoms with Crippen molar-refractivity contribution in [3.8, 4) is 5.75 Å². The summed E-state index contributed by atoms with van der Waals surface area (Å²) in [6, 6.07) is 3.12. The monoisotopic (exact) mass is 384 g/mol. The van der Waals surface area contributed by atoms with Crippen LogP contribution in [0.4, 0.5) is 0 Å². The van der Waals surface area contributed by atoms with Crippen molar-refractivity contribution in [2.24, 2.45) is 7.05 Å². The molecule has 4 heterocycles. The highest BCUT2D eigenvalue weighted by Gasteiger charge is 2.29. The minimum absolute atomic E-state index is 0.0646. The molecule has 0 unspecified atom stereocenters. The van der Waals surface area contributed by atoms with E-state index in [1.54, 1.807) is 11.0 Å². The Labute approximate surface area is 165 Å². The van der Waals surface area contributed by atoms with Crippen molar-refractivity contribution in [2.45, 2.75) is 44.6 Å². The summed E-state index contributed by atoms with van der Waals surface area (Å²) in [7, 11) is 2.05. The highest BCUT2D eigenvalue weighted by molar-refractivity contribution is 5.94. The lowest BCUT2D eigenvalue weighted by Crippen LogP contribution is -2.38. The number of carbonyl (C=O) groups excluding carboxylic acids is 1. The maximum absolute atomic E-state index is 12.6. The first-order chi connectivity index (χ1) is 13.6. The van der Waals surface area contributed by atoms with Gasteiger partial charge in [0.25, 0.3) is 5.91 Å². The Hall–Kier alpha value is -2.48. The number of carbonyl (C=O) groups is 1. The summed E-state index contributed by atoms with van der Waals surface area (Å²) in [5.41, 5.74) is 0.128. The Morgan fingerprint density at radius 1 is 1.14 bits per heavy atom. The second-order valence-electron chi connectivity index (χ2n) is 7.81. The number of aromatic nitrogens is 4. The molecule has 0 aliphatic carbocycles. The predicted molar refractivity (Wildman–Crippen MR) is 104 cm³/mol. The number of nitrogens with zero attached hydrogens (tertiary/aromatic N) is 6. The minimum Gasteiger partial charge on any atom is -0.505 e. The van der Waals surface area contributed by atoms with Gasteiger partial charge in [-0.3, -0.25) is 9.69 Å². The molecule has 2 aliphatic heterocycles. The van der Waals surface area contributed by atoms with Crippen LogP contribution >= 0.6 is 0 Å². The summed E-state index contributed by atoms with van der Waals surface area (Å²) in [6.45, 7) is 4.41. The zero-order valence-electron chi connectivity index (χ0n) is 16.4. The largest absolute Gasteiger partial charge is 0.505 e. The third-order valence-corrected chi connectivity index (χ3v) is 5.95. The maximum atomic E-state index is 12.6. The van der Waals surface area contributed by atoms with Crippen molar-refractivity contribution in [3.63, 3.8) is 0 Å². The molecule has 2 aromatic heterocycles. The molecule has 0 atom stereocenters. The van der Waals surface area contributed by atoms with Gasteiger partial charge in [-0.1, -0.05) is 6.42 Å². The molecular weight excluding hydrogens is 356 g/mol. The van der Waals surface area contributed by atoms with E-state index in [0.29, 0.717) is 19.0 Å². The zero-order chi connectivity index (χ0) is 19.5. The van der Waals surface area contributed by atoms with Crippen molar-refractivity contribution in [1.29, 1.82) is 0 Å². The van der Waals surface area contributed by atoms with E-state index in [4.69, 9.17) is 0 Å². The lowest BCUT2D eigenvalue weighted by molar-refractivity contribution is 0.0701. The second kappa shape index (κ2) is 8.26. The van der Waals surface area contributed by atoms with Gasteiger partial charge in [-0.05, 0) is 50.9 Å². The van der Waals surface area contributed by atoms with Crippen LogP contribution in [0.25, 0.3) is 0 Å². The number of likely N-dealkylation sites (tertiary alicyclic amines) is 2. The topological polar surface area (TPSA) is 87.4 Å². The molecule has 0 spiro atoms. The summed E-state index contributed by atoms with van der Waals surface area (Å²) < 4.78 is 2.14. The molecule has 28 heavy (non-hydrogen) atoms. The highest BCUT2D eigenvalue weighted by Crippen LogP contribution is 2.28. The summed E-state index contributed by atoms with van der Waals surface area (Å²) in [5.74, 6) is 2.06. The molecule has 4 rings (SSSR count). The molecule has 1 N–H and O–H groups in total. The number of hydrogen-bond donors (Lipinski definition) is 1. The molecule has 0 bridgehead atoms. The smallest absolute Gasteiger partial charge is 0.276 e. The Morgan fingerprint density at radius 3 is 2.61 bits per heavy atom. The number of pyridine rings is 1.